The van der Waals surface area contributed by atoms with E-state index in [-0.39, 0.29) is 16.4 Å². The number of aryl methyl sites for hydroxylation is 1. The molecule has 1 fully saturated rings. The van der Waals surface area contributed by atoms with Crippen molar-refractivity contribution in [2.75, 3.05) is 13.2 Å². The van der Waals surface area contributed by atoms with Crippen LogP contribution in [0.2, 0.25) is 0 Å². The van der Waals surface area contributed by atoms with Gasteiger partial charge in [0.1, 0.15) is 18.2 Å². The molecule has 136 valence electrons. The van der Waals surface area contributed by atoms with Gasteiger partial charge >= 0.3 is 12.2 Å². The number of alkyl halides is 2. The second-order valence-electron chi connectivity index (χ2n) is 5.38. The van der Waals surface area contributed by atoms with E-state index in [1.807, 2.05) is 0 Å². The highest BCUT2D eigenvalue weighted by molar-refractivity contribution is 9.11. The highest BCUT2D eigenvalue weighted by atomic mass is 79.9. The topological polar surface area (TPSA) is 58.3 Å². The summed E-state index contributed by atoms with van der Waals surface area (Å²) in [6.07, 6.45) is 1.83. The van der Waals surface area contributed by atoms with Crippen molar-refractivity contribution in [1.82, 2.24) is 14.3 Å². The van der Waals surface area contributed by atoms with Crippen LogP contribution in [0.25, 0.3) is 5.69 Å². The summed E-state index contributed by atoms with van der Waals surface area (Å²) >= 11 is 6.64. The van der Waals surface area contributed by atoms with Crippen LogP contribution in [0.1, 0.15) is 28.0 Å². The number of ether oxygens (including phenoxy) is 2. The SMILES string of the molecule is [3H]C([3H])c1nn(-c2cc(OCC3CCCO3)c(Br)cc2Br)c(=O)n1C(F)F. The predicted molar refractivity (Wildman–Crippen MR) is 93.7 cm³/mol. The van der Waals surface area contributed by atoms with Crippen molar-refractivity contribution < 1.29 is 21.0 Å². The first kappa shape index (κ1) is 16.0. The Morgan fingerprint density at radius 2 is 2.28 bits per heavy atom. The lowest BCUT2D eigenvalue weighted by Gasteiger charge is -2.14. The van der Waals surface area contributed by atoms with Crippen molar-refractivity contribution >= 4 is 31.9 Å². The van der Waals surface area contributed by atoms with E-state index in [0.717, 1.165) is 17.5 Å². The monoisotopic (exact) mass is 485 g/mol. The van der Waals surface area contributed by atoms with E-state index in [1.54, 1.807) is 6.07 Å². The summed E-state index contributed by atoms with van der Waals surface area (Å²) in [7, 11) is 0. The normalized spacial score (nSPS) is 18.7. The van der Waals surface area contributed by atoms with Gasteiger partial charge in [0.25, 0.3) is 0 Å². The molecular formula is C15H15Br2F2N3O3. The molecule has 2 heterocycles. The van der Waals surface area contributed by atoms with E-state index in [4.69, 9.17) is 12.2 Å². The molecule has 0 spiro atoms. The van der Waals surface area contributed by atoms with Crippen molar-refractivity contribution in [2.24, 2.45) is 0 Å². The van der Waals surface area contributed by atoms with Crippen molar-refractivity contribution in [1.29, 1.82) is 0 Å². The van der Waals surface area contributed by atoms with Gasteiger partial charge in [-0.25, -0.2) is 9.36 Å². The third-order valence-corrected chi connectivity index (χ3v) is 4.96. The number of benzene rings is 1. The summed E-state index contributed by atoms with van der Waals surface area (Å²) in [4.78, 5) is 12.4. The molecule has 0 saturated carbocycles. The lowest BCUT2D eigenvalue weighted by Crippen LogP contribution is -2.25. The van der Waals surface area contributed by atoms with Crippen molar-refractivity contribution in [3.63, 3.8) is 0 Å². The van der Waals surface area contributed by atoms with Gasteiger partial charge in [-0.05, 0) is 57.6 Å². The molecule has 6 nitrogen and oxygen atoms in total. The van der Waals surface area contributed by atoms with Gasteiger partial charge in [0.05, 0.1) is 16.3 Å². The molecule has 1 aliphatic rings. The average molecular weight is 487 g/mol. The Labute approximate surface area is 161 Å². The van der Waals surface area contributed by atoms with E-state index in [1.165, 1.54) is 6.07 Å². The molecule has 0 N–H and O–H groups in total. The van der Waals surface area contributed by atoms with E-state index in [9.17, 15) is 13.6 Å². The van der Waals surface area contributed by atoms with Gasteiger partial charge in [-0.2, -0.15) is 13.5 Å². The van der Waals surface area contributed by atoms with Crippen LogP contribution in [0.4, 0.5) is 8.78 Å². The lowest BCUT2D eigenvalue weighted by molar-refractivity contribution is 0.0639. The zero-order chi connectivity index (χ0) is 19.7. The van der Waals surface area contributed by atoms with Crippen molar-refractivity contribution in [2.45, 2.75) is 32.4 Å². The fourth-order valence-electron chi connectivity index (χ4n) is 2.48. The molecule has 0 bridgehead atoms. The molecule has 2 aromatic rings. The molecule has 1 unspecified atom stereocenters. The average Bonchev–Trinajstić information content (AvgIpc) is 3.22. The summed E-state index contributed by atoms with van der Waals surface area (Å²) in [6, 6.07) is 3.08. The summed E-state index contributed by atoms with van der Waals surface area (Å²) < 4.78 is 54.1. The van der Waals surface area contributed by atoms with Crippen LogP contribution in [0, 0.1) is 6.88 Å². The van der Waals surface area contributed by atoms with Gasteiger partial charge in [0, 0.05) is 19.9 Å². The molecule has 0 radical (unpaired) electrons. The highest BCUT2D eigenvalue weighted by Crippen LogP contribution is 2.33. The fourth-order valence-corrected chi connectivity index (χ4v) is 3.76. The maximum Gasteiger partial charge on any atom is 0.355 e. The van der Waals surface area contributed by atoms with Gasteiger partial charge in [-0.1, -0.05) is 0 Å². The molecule has 0 aliphatic carbocycles. The van der Waals surface area contributed by atoms with Crippen LogP contribution >= 0.6 is 31.9 Å². The van der Waals surface area contributed by atoms with E-state index >= 15 is 0 Å². The second-order valence-corrected chi connectivity index (χ2v) is 7.09. The van der Waals surface area contributed by atoms with Gasteiger partial charge in [-0.3, -0.25) is 0 Å². The van der Waals surface area contributed by atoms with E-state index in [0.29, 0.717) is 27.9 Å². The predicted octanol–water partition coefficient (Wildman–Crippen LogP) is 3.82. The molecule has 1 aliphatic heterocycles. The molecular weight excluding hydrogens is 468 g/mol. The number of rotatable bonds is 5. The van der Waals surface area contributed by atoms with Crippen LogP contribution in [-0.2, 0) is 4.74 Å². The van der Waals surface area contributed by atoms with Gasteiger partial charge in [0.2, 0.25) is 0 Å². The molecule has 1 saturated heterocycles. The first-order chi connectivity index (χ1) is 12.8. The van der Waals surface area contributed by atoms with Crippen LogP contribution in [0.3, 0.4) is 0 Å². The van der Waals surface area contributed by atoms with Crippen molar-refractivity contribution in [3.8, 4) is 11.4 Å². The molecule has 1 aromatic carbocycles. The van der Waals surface area contributed by atoms with Crippen LogP contribution < -0.4 is 10.4 Å². The minimum absolute atomic E-state index is 0.0243. The Morgan fingerprint density at radius 3 is 2.88 bits per heavy atom. The fraction of sp³-hybridized carbons (Fsp3) is 0.467. The number of hydrogen-bond acceptors (Lipinski definition) is 4. The molecule has 25 heavy (non-hydrogen) atoms. The first-order valence-corrected chi connectivity index (χ1v) is 8.96. The number of nitrogens with zero attached hydrogens (tertiary/aromatic N) is 3. The number of hydrogen-bond donors (Lipinski definition) is 0. The van der Waals surface area contributed by atoms with Gasteiger partial charge in [0.15, 0.2) is 0 Å². The molecule has 0 amide bonds. The number of aromatic nitrogens is 3. The molecule has 1 aromatic heterocycles. The summed E-state index contributed by atoms with van der Waals surface area (Å²) in [5, 5.41) is 3.76. The largest absolute Gasteiger partial charge is 0.490 e. The van der Waals surface area contributed by atoms with E-state index in [2.05, 4.69) is 37.0 Å². The zero-order valence-corrected chi connectivity index (χ0v) is 16.0. The molecule has 3 rings (SSSR count). The number of halogens is 4. The Hall–Kier alpha value is -1.26. The highest BCUT2D eigenvalue weighted by Gasteiger charge is 2.21. The Balaban J connectivity index is 2.00. The summed E-state index contributed by atoms with van der Waals surface area (Å²) in [6.45, 7) is -4.04. The third-order valence-electron chi connectivity index (χ3n) is 3.71. The lowest BCUT2D eigenvalue weighted by atomic mass is 10.2. The third kappa shape index (κ3) is 3.80. The second kappa shape index (κ2) is 7.55. The van der Waals surface area contributed by atoms with Gasteiger partial charge in [-0.15, -0.1) is 5.10 Å². The minimum atomic E-state index is -3.20. The van der Waals surface area contributed by atoms with E-state index < -0.39 is 24.9 Å². The Kier molecular flexibility index (Phi) is 4.82. The Morgan fingerprint density at radius 1 is 1.48 bits per heavy atom. The van der Waals surface area contributed by atoms with Gasteiger partial charge < -0.3 is 9.47 Å². The Bertz CT molecular complexity index is 886. The zero-order valence-electron chi connectivity index (χ0n) is 14.8. The summed E-state index contributed by atoms with van der Waals surface area (Å²) in [5.41, 5.74) is -0.982. The molecule has 1 atom stereocenters. The van der Waals surface area contributed by atoms with Crippen LogP contribution in [0.15, 0.2) is 25.9 Å². The maximum atomic E-state index is 13.2. The first-order valence-electron chi connectivity index (χ1n) is 8.53. The standard InChI is InChI=1S/C15H15Br2F2N3O3/c1-8-20-22(15(23)21(8)14(18)19)12-6-13(11(17)5-10(12)16)25-7-9-3-2-4-24-9/h5-6,9,14H,2-4,7H2,1H3/i1T2. The molecule has 10 heteroatoms. The smallest absolute Gasteiger partial charge is 0.355 e. The summed E-state index contributed by atoms with van der Waals surface area (Å²) in [5.74, 6) is -0.260. The quantitative estimate of drug-likeness (QED) is 0.644. The maximum absolute atomic E-state index is 13.2. The van der Waals surface area contributed by atoms with Crippen molar-refractivity contribution in [3.05, 3.63) is 37.4 Å². The van der Waals surface area contributed by atoms with Crippen LogP contribution in [-0.4, -0.2) is 33.7 Å². The van der Waals surface area contributed by atoms with Crippen LogP contribution in [0.5, 0.6) is 5.75 Å². The minimum Gasteiger partial charge on any atom is -0.490 e.